The maximum absolute atomic E-state index is 14.8. The maximum Gasteiger partial charge on any atom is 0.356 e. The van der Waals surface area contributed by atoms with E-state index in [0.29, 0.717) is 48.8 Å². The summed E-state index contributed by atoms with van der Waals surface area (Å²) < 4.78 is 26.0. The van der Waals surface area contributed by atoms with Crippen molar-refractivity contribution in [3.05, 3.63) is 52.4 Å². The molecule has 0 radical (unpaired) electrons. The zero-order chi connectivity index (χ0) is 21.3. The van der Waals surface area contributed by atoms with Gasteiger partial charge in [-0.3, -0.25) is 4.98 Å². The van der Waals surface area contributed by atoms with Crippen LogP contribution < -0.4 is 10.5 Å². The molecule has 158 valence electrons. The van der Waals surface area contributed by atoms with E-state index in [0.717, 1.165) is 18.4 Å². The first-order valence-electron chi connectivity index (χ1n) is 10.1. The summed E-state index contributed by atoms with van der Waals surface area (Å²) in [6.07, 6.45) is 6.11. The van der Waals surface area contributed by atoms with Gasteiger partial charge < -0.3 is 20.3 Å². The van der Waals surface area contributed by atoms with E-state index < -0.39 is 11.8 Å². The molecule has 1 aliphatic carbocycles. The average molecular weight is 413 g/mol. The fourth-order valence-electron chi connectivity index (χ4n) is 3.67. The van der Waals surface area contributed by atoms with Crippen LogP contribution in [0.1, 0.15) is 65.1 Å². The summed E-state index contributed by atoms with van der Waals surface area (Å²) in [5.41, 5.74) is 8.71. The van der Waals surface area contributed by atoms with Gasteiger partial charge in [0, 0.05) is 29.7 Å². The van der Waals surface area contributed by atoms with Gasteiger partial charge in [0.25, 0.3) is 0 Å². The highest BCUT2D eigenvalue weighted by molar-refractivity contribution is 5.87. The van der Waals surface area contributed by atoms with Crippen LogP contribution in [0.5, 0.6) is 5.75 Å². The van der Waals surface area contributed by atoms with Crippen LogP contribution in [0, 0.1) is 5.82 Å². The van der Waals surface area contributed by atoms with Gasteiger partial charge in [0.15, 0.2) is 5.69 Å². The Morgan fingerprint density at radius 1 is 1.43 bits per heavy atom. The molecule has 2 aromatic rings. The fourth-order valence-corrected chi connectivity index (χ4v) is 3.67. The van der Waals surface area contributed by atoms with Crippen LogP contribution in [0.25, 0.3) is 5.57 Å². The minimum atomic E-state index is -1.17. The number of carboxylic acids is 1. The van der Waals surface area contributed by atoms with Gasteiger partial charge in [-0.15, -0.1) is 0 Å². The number of halogens is 1. The summed E-state index contributed by atoms with van der Waals surface area (Å²) in [6, 6.07) is 1.38. The summed E-state index contributed by atoms with van der Waals surface area (Å²) >= 11 is 0. The van der Waals surface area contributed by atoms with E-state index in [2.05, 4.69) is 9.97 Å². The molecule has 0 bridgehead atoms. The molecule has 1 saturated carbocycles. The van der Waals surface area contributed by atoms with Crippen LogP contribution in [0.3, 0.4) is 0 Å². The molecule has 1 aliphatic heterocycles. The Morgan fingerprint density at radius 2 is 2.23 bits per heavy atom. The van der Waals surface area contributed by atoms with E-state index in [4.69, 9.17) is 15.2 Å². The van der Waals surface area contributed by atoms with Gasteiger partial charge in [-0.05, 0) is 37.8 Å². The van der Waals surface area contributed by atoms with Crippen LogP contribution in [-0.2, 0) is 11.2 Å². The number of aromatic nitrogens is 2. The lowest BCUT2D eigenvalue weighted by atomic mass is 9.94. The van der Waals surface area contributed by atoms with Gasteiger partial charge in [-0.25, -0.2) is 14.2 Å². The van der Waals surface area contributed by atoms with Crippen LogP contribution in [0.2, 0.25) is 0 Å². The van der Waals surface area contributed by atoms with Gasteiger partial charge in [0.2, 0.25) is 0 Å². The number of nitrogen functional groups attached to an aromatic ring is 1. The zero-order valence-electron chi connectivity index (χ0n) is 16.8. The number of benzene rings is 1. The molecule has 0 saturated heterocycles. The van der Waals surface area contributed by atoms with E-state index in [1.54, 1.807) is 6.20 Å². The number of aromatic carboxylic acids is 1. The summed E-state index contributed by atoms with van der Waals surface area (Å²) in [5, 5.41) is 9.66. The number of ether oxygens (including phenoxy) is 2. The van der Waals surface area contributed by atoms with Crippen molar-refractivity contribution in [3.63, 3.8) is 0 Å². The van der Waals surface area contributed by atoms with E-state index >= 15 is 0 Å². The van der Waals surface area contributed by atoms with Crippen molar-refractivity contribution >= 4 is 17.2 Å². The number of anilines is 1. The first-order valence-corrected chi connectivity index (χ1v) is 10.1. The highest BCUT2D eigenvalue weighted by Crippen LogP contribution is 2.40. The molecule has 2 heterocycles. The highest BCUT2D eigenvalue weighted by atomic mass is 19.1. The Hall–Kier alpha value is -3.00. The summed E-state index contributed by atoms with van der Waals surface area (Å²) in [4.78, 5) is 20.5. The van der Waals surface area contributed by atoms with Crippen molar-refractivity contribution in [2.75, 3.05) is 25.6 Å². The van der Waals surface area contributed by atoms with Gasteiger partial charge in [0.05, 0.1) is 36.9 Å². The molecule has 30 heavy (non-hydrogen) atoms. The number of hydrogen-bond donors (Lipinski definition) is 2. The number of carbonyl (C=O) groups is 1. The van der Waals surface area contributed by atoms with Crippen LogP contribution >= 0.6 is 0 Å². The molecule has 0 spiro atoms. The van der Waals surface area contributed by atoms with Crippen molar-refractivity contribution in [1.82, 2.24) is 9.97 Å². The SMILES string of the molecule is CCOc1c(C2=CCOCC2)cc(F)c(N)c1Cc1ncc(C2CC2)nc1C(=O)O. The number of hydrogen-bond acceptors (Lipinski definition) is 6. The summed E-state index contributed by atoms with van der Waals surface area (Å²) in [6.45, 7) is 3.17. The van der Waals surface area contributed by atoms with Gasteiger partial charge >= 0.3 is 5.97 Å². The third kappa shape index (κ3) is 4.00. The van der Waals surface area contributed by atoms with Gasteiger partial charge in [0.1, 0.15) is 11.6 Å². The van der Waals surface area contributed by atoms with Crippen LogP contribution in [0.4, 0.5) is 10.1 Å². The lowest BCUT2D eigenvalue weighted by molar-refractivity contribution is 0.0688. The first-order chi connectivity index (χ1) is 14.5. The average Bonchev–Trinajstić information content (AvgIpc) is 3.59. The minimum Gasteiger partial charge on any atom is -0.493 e. The smallest absolute Gasteiger partial charge is 0.356 e. The Morgan fingerprint density at radius 3 is 2.87 bits per heavy atom. The van der Waals surface area contributed by atoms with Crippen molar-refractivity contribution in [2.45, 2.75) is 38.5 Å². The Kier molecular flexibility index (Phi) is 5.67. The molecule has 0 atom stereocenters. The maximum atomic E-state index is 14.8. The molecule has 1 aromatic carbocycles. The third-order valence-corrected chi connectivity index (χ3v) is 5.38. The van der Waals surface area contributed by atoms with Gasteiger partial charge in [-0.2, -0.15) is 0 Å². The van der Waals surface area contributed by atoms with Crippen molar-refractivity contribution in [3.8, 4) is 5.75 Å². The predicted molar refractivity (Wildman–Crippen MR) is 109 cm³/mol. The van der Waals surface area contributed by atoms with E-state index in [-0.39, 0.29) is 29.4 Å². The topological polar surface area (TPSA) is 108 Å². The zero-order valence-corrected chi connectivity index (χ0v) is 16.8. The van der Waals surface area contributed by atoms with Crippen molar-refractivity contribution < 1.29 is 23.8 Å². The third-order valence-electron chi connectivity index (χ3n) is 5.38. The number of nitrogens with two attached hydrogens (primary N) is 1. The second-order valence-electron chi connectivity index (χ2n) is 7.46. The highest BCUT2D eigenvalue weighted by Gasteiger charge is 2.28. The molecule has 4 rings (SSSR count). The molecule has 8 heteroatoms. The molecule has 1 fully saturated rings. The van der Waals surface area contributed by atoms with Crippen LogP contribution in [-0.4, -0.2) is 40.9 Å². The number of rotatable bonds is 7. The van der Waals surface area contributed by atoms with E-state index in [9.17, 15) is 14.3 Å². The lowest BCUT2D eigenvalue weighted by Gasteiger charge is -2.21. The molecular weight excluding hydrogens is 389 g/mol. The van der Waals surface area contributed by atoms with E-state index in [1.165, 1.54) is 6.07 Å². The Labute approximate surface area is 173 Å². The second-order valence-corrected chi connectivity index (χ2v) is 7.46. The molecule has 7 nitrogen and oxygen atoms in total. The summed E-state index contributed by atoms with van der Waals surface area (Å²) in [5.74, 6) is -1.01. The quantitative estimate of drug-likeness (QED) is 0.668. The standard InChI is InChI=1S/C22H24FN3O4/c1-2-30-21-14(12-5-7-29-8-6-12)9-16(23)19(24)15(21)10-17-20(22(27)28)26-18(11-25-17)13-3-4-13/h5,9,11,13H,2-4,6-8,10,24H2,1H3,(H,27,28). The van der Waals surface area contributed by atoms with Crippen LogP contribution in [0.15, 0.2) is 18.3 Å². The Bertz CT molecular complexity index is 1020. The minimum absolute atomic E-state index is 0.00921. The van der Waals surface area contributed by atoms with E-state index in [1.807, 2.05) is 13.0 Å². The van der Waals surface area contributed by atoms with Crippen molar-refractivity contribution in [2.24, 2.45) is 0 Å². The molecule has 0 amide bonds. The molecule has 3 N–H and O–H groups in total. The Balaban J connectivity index is 1.81. The molecule has 0 unspecified atom stereocenters. The second kappa shape index (κ2) is 8.39. The summed E-state index contributed by atoms with van der Waals surface area (Å²) in [7, 11) is 0. The predicted octanol–water partition coefficient (Wildman–Crippen LogP) is 3.57. The van der Waals surface area contributed by atoms with Gasteiger partial charge in [-0.1, -0.05) is 6.08 Å². The number of carboxylic acid groups (broad SMARTS) is 1. The molecule has 2 aliphatic rings. The first kappa shape index (κ1) is 20.3. The molecule has 1 aromatic heterocycles. The van der Waals surface area contributed by atoms with Crippen molar-refractivity contribution in [1.29, 1.82) is 0 Å². The monoisotopic (exact) mass is 413 g/mol. The normalized spacial score (nSPS) is 16.3. The lowest BCUT2D eigenvalue weighted by Crippen LogP contribution is -2.14. The fraction of sp³-hybridized carbons (Fsp3) is 0.409. The molecular formula is C22H24FN3O4. The largest absolute Gasteiger partial charge is 0.493 e. The number of nitrogens with zero attached hydrogens (tertiary/aromatic N) is 2.